The minimum atomic E-state index is -1.06. The number of carbonyl (C=O) groups excluding carboxylic acids is 2. The van der Waals surface area contributed by atoms with Crippen LogP contribution in [-0.4, -0.2) is 77.1 Å². The minimum Gasteiger partial charge on any atom is -0.493 e. The summed E-state index contributed by atoms with van der Waals surface area (Å²) in [5, 5.41) is 33.2. The SMILES string of the molecule is CCCCC(=O)N(CC1CC1)C1C=C(C(=O)NCCO)C2c3cc(CO)cc(OC)c3OC2C1O. The average Bonchev–Trinajstić information content (AvgIpc) is 3.61. The summed E-state index contributed by atoms with van der Waals surface area (Å²) >= 11 is 0. The van der Waals surface area contributed by atoms with E-state index in [0.29, 0.717) is 47.1 Å². The third kappa shape index (κ3) is 5.17. The number of unbranched alkanes of at least 4 members (excludes halogenated alkanes) is 1. The Morgan fingerprint density at radius 3 is 2.66 bits per heavy atom. The lowest BCUT2D eigenvalue weighted by atomic mass is 9.77. The summed E-state index contributed by atoms with van der Waals surface area (Å²) in [6.07, 6.45) is 3.94. The minimum absolute atomic E-state index is 0.0386. The van der Waals surface area contributed by atoms with E-state index in [1.807, 2.05) is 6.92 Å². The number of amides is 2. The van der Waals surface area contributed by atoms with Crippen LogP contribution in [0.2, 0.25) is 0 Å². The normalized spacial score (nSPS) is 24.7. The molecule has 1 fully saturated rings. The molecule has 1 heterocycles. The van der Waals surface area contributed by atoms with Gasteiger partial charge >= 0.3 is 0 Å². The van der Waals surface area contributed by atoms with Crippen molar-refractivity contribution in [1.29, 1.82) is 0 Å². The molecule has 9 nitrogen and oxygen atoms in total. The fourth-order valence-electron chi connectivity index (χ4n) is 5.06. The van der Waals surface area contributed by atoms with Crippen molar-refractivity contribution in [2.24, 2.45) is 5.92 Å². The topological polar surface area (TPSA) is 129 Å². The van der Waals surface area contributed by atoms with Crippen LogP contribution < -0.4 is 14.8 Å². The number of hydrogen-bond acceptors (Lipinski definition) is 7. The fraction of sp³-hybridized carbons (Fsp3) is 0.615. The third-order valence-electron chi connectivity index (χ3n) is 7.07. The van der Waals surface area contributed by atoms with Crippen molar-refractivity contribution < 1.29 is 34.4 Å². The van der Waals surface area contributed by atoms with E-state index in [0.717, 1.165) is 25.7 Å². The number of nitrogens with one attached hydrogen (secondary N) is 1. The summed E-state index contributed by atoms with van der Waals surface area (Å²) in [5.74, 6) is 0.203. The van der Waals surface area contributed by atoms with Gasteiger partial charge in [0, 0.05) is 30.6 Å². The number of fused-ring (bicyclic) bond motifs is 3. The van der Waals surface area contributed by atoms with Crippen LogP contribution >= 0.6 is 0 Å². The molecule has 4 atom stereocenters. The highest BCUT2D eigenvalue weighted by molar-refractivity contribution is 5.96. The maximum atomic E-state index is 13.3. The van der Waals surface area contributed by atoms with Gasteiger partial charge in [0.05, 0.1) is 32.3 Å². The standard InChI is InChI=1S/C26H36N2O7/c1-3-4-5-21(31)28(13-15-6-7-15)19-12-18(26(33)27-8-9-29)22-17-10-16(14-30)11-20(34-2)24(17)35-25(22)23(19)32/h10-12,15,19,22-23,25,29-30,32H,3-9,13-14H2,1-2H3,(H,27,33). The van der Waals surface area contributed by atoms with Gasteiger partial charge in [-0.25, -0.2) is 0 Å². The van der Waals surface area contributed by atoms with Gasteiger partial charge < -0.3 is 35.0 Å². The Balaban J connectivity index is 1.76. The van der Waals surface area contributed by atoms with Gasteiger partial charge in [0.2, 0.25) is 11.8 Å². The Morgan fingerprint density at radius 2 is 2.03 bits per heavy atom. The van der Waals surface area contributed by atoms with E-state index in [1.165, 1.54) is 7.11 Å². The maximum absolute atomic E-state index is 13.3. The summed E-state index contributed by atoms with van der Waals surface area (Å²) in [7, 11) is 1.50. The van der Waals surface area contributed by atoms with Crippen LogP contribution in [0.5, 0.6) is 11.5 Å². The van der Waals surface area contributed by atoms with Gasteiger partial charge in [0.25, 0.3) is 0 Å². The number of rotatable bonds is 11. The lowest BCUT2D eigenvalue weighted by Gasteiger charge is -2.41. The molecular weight excluding hydrogens is 452 g/mol. The maximum Gasteiger partial charge on any atom is 0.247 e. The number of benzene rings is 1. The molecule has 0 radical (unpaired) electrons. The van der Waals surface area contributed by atoms with E-state index in [-0.39, 0.29) is 31.6 Å². The largest absolute Gasteiger partial charge is 0.493 e. The zero-order chi connectivity index (χ0) is 25.1. The lowest BCUT2D eigenvalue weighted by Crippen LogP contribution is -2.56. The summed E-state index contributed by atoms with van der Waals surface area (Å²) < 4.78 is 11.7. The Kier molecular flexibility index (Phi) is 7.98. The first kappa shape index (κ1) is 25.5. The predicted octanol–water partition coefficient (Wildman–Crippen LogP) is 1.24. The zero-order valence-corrected chi connectivity index (χ0v) is 20.4. The van der Waals surface area contributed by atoms with Crippen molar-refractivity contribution in [2.45, 2.75) is 69.8 Å². The molecule has 2 aliphatic carbocycles. The van der Waals surface area contributed by atoms with Crippen LogP contribution in [0.4, 0.5) is 0 Å². The second-order valence-corrected chi connectivity index (χ2v) is 9.61. The van der Waals surface area contributed by atoms with Gasteiger partial charge in [0.15, 0.2) is 11.5 Å². The molecule has 1 aromatic rings. The van der Waals surface area contributed by atoms with Gasteiger partial charge in [0.1, 0.15) is 12.2 Å². The van der Waals surface area contributed by atoms with Crippen molar-refractivity contribution >= 4 is 11.8 Å². The van der Waals surface area contributed by atoms with Crippen molar-refractivity contribution in [3.8, 4) is 11.5 Å². The van der Waals surface area contributed by atoms with E-state index < -0.39 is 24.2 Å². The molecule has 0 spiro atoms. The zero-order valence-electron chi connectivity index (χ0n) is 20.4. The van der Waals surface area contributed by atoms with Crippen LogP contribution in [0.1, 0.15) is 56.1 Å². The highest BCUT2D eigenvalue weighted by Crippen LogP contribution is 2.51. The molecular formula is C26H36N2O7. The Morgan fingerprint density at radius 1 is 1.26 bits per heavy atom. The van der Waals surface area contributed by atoms with E-state index >= 15 is 0 Å². The van der Waals surface area contributed by atoms with Gasteiger partial charge in [-0.1, -0.05) is 13.3 Å². The first-order valence-electron chi connectivity index (χ1n) is 12.5. The predicted molar refractivity (Wildman–Crippen MR) is 128 cm³/mol. The number of methoxy groups -OCH3 is 1. The van der Waals surface area contributed by atoms with Crippen molar-refractivity contribution in [2.75, 3.05) is 26.8 Å². The van der Waals surface area contributed by atoms with Gasteiger partial charge in [-0.2, -0.15) is 0 Å². The number of aliphatic hydroxyl groups is 3. The van der Waals surface area contributed by atoms with Crippen LogP contribution in [0.25, 0.3) is 0 Å². The second kappa shape index (κ2) is 11.0. The molecule has 4 rings (SSSR count). The highest BCUT2D eigenvalue weighted by atomic mass is 16.5. The molecule has 1 aliphatic heterocycles. The number of carbonyl (C=O) groups is 2. The molecule has 0 saturated heterocycles. The van der Waals surface area contributed by atoms with Crippen molar-refractivity contribution in [3.63, 3.8) is 0 Å². The average molecular weight is 489 g/mol. The van der Waals surface area contributed by atoms with Crippen LogP contribution in [-0.2, 0) is 16.2 Å². The summed E-state index contributed by atoms with van der Waals surface area (Å²) in [6, 6.07) is 2.72. The molecule has 192 valence electrons. The number of hydrogen-bond donors (Lipinski definition) is 4. The molecule has 0 bridgehead atoms. The molecule has 1 aromatic carbocycles. The summed E-state index contributed by atoms with van der Waals surface area (Å²) in [4.78, 5) is 28.2. The van der Waals surface area contributed by atoms with E-state index in [1.54, 1.807) is 23.1 Å². The highest BCUT2D eigenvalue weighted by Gasteiger charge is 2.51. The van der Waals surface area contributed by atoms with Crippen molar-refractivity contribution in [1.82, 2.24) is 10.2 Å². The monoisotopic (exact) mass is 488 g/mol. The van der Waals surface area contributed by atoms with E-state index in [4.69, 9.17) is 9.47 Å². The smallest absolute Gasteiger partial charge is 0.247 e. The van der Waals surface area contributed by atoms with E-state index in [9.17, 15) is 24.9 Å². The quantitative estimate of drug-likeness (QED) is 0.369. The Labute approximate surface area is 205 Å². The van der Waals surface area contributed by atoms with E-state index in [2.05, 4.69) is 5.32 Å². The molecule has 4 N–H and O–H groups in total. The van der Waals surface area contributed by atoms with Gasteiger partial charge in [-0.05, 0) is 49.0 Å². The molecule has 9 heteroatoms. The molecule has 1 saturated carbocycles. The molecule has 35 heavy (non-hydrogen) atoms. The second-order valence-electron chi connectivity index (χ2n) is 9.61. The lowest BCUT2D eigenvalue weighted by molar-refractivity contribution is -0.137. The van der Waals surface area contributed by atoms with Crippen LogP contribution in [0, 0.1) is 5.92 Å². The number of ether oxygens (including phenoxy) is 2. The summed E-state index contributed by atoms with van der Waals surface area (Å²) in [5.41, 5.74) is 1.62. The molecule has 3 aliphatic rings. The number of nitrogens with zero attached hydrogens (tertiary/aromatic N) is 1. The molecule has 4 unspecified atom stereocenters. The van der Waals surface area contributed by atoms with Crippen LogP contribution in [0.15, 0.2) is 23.8 Å². The first-order chi connectivity index (χ1) is 16.9. The first-order valence-corrected chi connectivity index (χ1v) is 12.5. The Bertz CT molecular complexity index is 975. The fourth-order valence-corrected chi connectivity index (χ4v) is 5.06. The molecule has 0 aromatic heterocycles. The van der Waals surface area contributed by atoms with Gasteiger partial charge in [-0.15, -0.1) is 0 Å². The number of aliphatic hydroxyl groups excluding tert-OH is 3. The van der Waals surface area contributed by atoms with Crippen LogP contribution in [0.3, 0.4) is 0 Å². The molecule has 2 amide bonds. The summed E-state index contributed by atoms with van der Waals surface area (Å²) in [6.45, 7) is 2.21. The Hall–Kier alpha value is -2.62. The van der Waals surface area contributed by atoms with Crippen molar-refractivity contribution in [3.05, 3.63) is 34.9 Å². The third-order valence-corrected chi connectivity index (χ3v) is 7.07. The van der Waals surface area contributed by atoms with Gasteiger partial charge in [-0.3, -0.25) is 9.59 Å².